The Morgan fingerprint density at radius 3 is 2.57 bits per heavy atom. The molecule has 0 radical (unpaired) electrons. The van der Waals surface area contributed by atoms with Crippen molar-refractivity contribution in [3.05, 3.63) is 58.3 Å². The molecule has 0 amide bonds. The van der Waals surface area contributed by atoms with E-state index >= 15 is 0 Å². The third-order valence-corrected chi connectivity index (χ3v) is 2.20. The number of H-pyrrole nitrogens is 1. The maximum absolute atomic E-state index is 11.2. The molecule has 0 aliphatic rings. The van der Waals surface area contributed by atoms with Crippen molar-refractivity contribution in [3.8, 4) is 0 Å². The number of hydrogen-bond donors (Lipinski definition) is 1. The summed E-state index contributed by atoms with van der Waals surface area (Å²) in [6.07, 6.45) is 3.40. The van der Waals surface area contributed by atoms with Crippen LogP contribution in [-0.4, -0.2) is 9.55 Å². The molecule has 1 N–H and O–H groups in total. The van der Waals surface area contributed by atoms with Crippen LogP contribution in [0.2, 0.25) is 0 Å². The van der Waals surface area contributed by atoms with E-state index in [1.807, 2.05) is 31.2 Å². The molecule has 0 aliphatic heterocycles. The quantitative estimate of drug-likeness (QED) is 0.762. The molecule has 2 aromatic rings. The van der Waals surface area contributed by atoms with Gasteiger partial charge < -0.3 is 4.98 Å². The molecule has 3 heteroatoms. The first kappa shape index (κ1) is 8.81. The molecule has 0 saturated carbocycles. The van der Waals surface area contributed by atoms with Crippen LogP contribution in [0.1, 0.15) is 11.1 Å². The number of aryl methyl sites for hydroxylation is 1. The summed E-state index contributed by atoms with van der Waals surface area (Å²) in [5.74, 6) is 0. The fraction of sp³-hybridized carbons (Fsp3) is 0.182. The molecular formula is C11H12N2O. The lowest BCUT2D eigenvalue weighted by molar-refractivity contribution is 0.762. The van der Waals surface area contributed by atoms with Crippen LogP contribution in [0, 0.1) is 6.92 Å². The Labute approximate surface area is 82.0 Å². The van der Waals surface area contributed by atoms with Crippen LogP contribution in [0.5, 0.6) is 0 Å². The smallest absolute Gasteiger partial charge is 0.313 e. The van der Waals surface area contributed by atoms with E-state index in [0.29, 0.717) is 6.54 Å². The first-order valence-corrected chi connectivity index (χ1v) is 4.55. The number of aromatic amines is 1. The van der Waals surface area contributed by atoms with E-state index in [1.165, 1.54) is 5.56 Å². The van der Waals surface area contributed by atoms with Crippen LogP contribution < -0.4 is 5.69 Å². The molecule has 0 aliphatic carbocycles. The summed E-state index contributed by atoms with van der Waals surface area (Å²) in [6.45, 7) is 2.68. The molecule has 2 rings (SSSR count). The van der Waals surface area contributed by atoms with E-state index in [4.69, 9.17) is 0 Å². The highest BCUT2D eigenvalue weighted by molar-refractivity contribution is 5.21. The second-order valence-corrected chi connectivity index (χ2v) is 3.38. The van der Waals surface area contributed by atoms with Gasteiger partial charge in [-0.1, -0.05) is 29.8 Å². The predicted molar refractivity (Wildman–Crippen MR) is 55.3 cm³/mol. The number of hydrogen-bond acceptors (Lipinski definition) is 1. The van der Waals surface area contributed by atoms with E-state index in [0.717, 1.165) is 5.56 Å². The zero-order chi connectivity index (χ0) is 9.97. The standard InChI is InChI=1S/C11H12N2O/c1-9-2-4-10(5-3-9)8-13-7-6-12-11(13)14/h2-7H,8H2,1H3,(H,12,14). The Kier molecular flexibility index (Phi) is 2.23. The highest BCUT2D eigenvalue weighted by atomic mass is 16.1. The van der Waals surface area contributed by atoms with Crippen LogP contribution in [0.15, 0.2) is 41.5 Å². The van der Waals surface area contributed by atoms with Gasteiger partial charge in [-0.15, -0.1) is 0 Å². The average molecular weight is 188 g/mol. The van der Waals surface area contributed by atoms with E-state index < -0.39 is 0 Å². The number of rotatable bonds is 2. The SMILES string of the molecule is Cc1ccc(Cn2cc[nH]c2=O)cc1. The third-order valence-electron chi connectivity index (χ3n) is 2.20. The number of imidazole rings is 1. The molecule has 0 saturated heterocycles. The highest BCUT2D eigenvalue weighted by Gasteiger charge is 1.97. The van der Waals surface area contributed by atoms with Gasteiger partial charge in [-0.2, -0.15) is 0 Å². The molecule has 14 heavy (non-hydrogen) atoms. The molecule has 0 spiro atoms. The van der Waals surface area contributed by atoms with Crippen molar-refractivity contribution in [1.82, 2.24) is 9.55 Å². The van der Waals surface area contributed by atoms with Crippen LogP contribution in [-0.2, 0) is 6.54 Å². The molecule has 0 fully saturated rings. The zero-order valence-corrected chi connectivity index (χ0v) is 8.03. The van der Waals surface area contributed by atoms with Crippen molar-refractivity contribution in [3.63, 3.8) is 0 Å². The van der Waals surface area contributed by atoms with Crippen LogP contribution in [0.4, 0.5) is 0 Å². The minimum absolute atomic E-state index is 0.0643. The lowest BCUT2D eigenvalue weighted by atomic mass is 10.1. The molecule has 0 atom stereocenters. The third kappa shape index (κ3) is 1.76. The fourth-order valence-electron chi connectivity index (χ4n) is 1.36. The van der Waals surface area contributed by atoms with Gasteiger partial charge in [0.1, 0.15) is 0 Å². The van der Waals surface area contributed by atoms with Gasteiger partial charge in [0.05, 0.1) is 6.54 Å². The minimum atomic E-state index is -0.0643. The summed E-state index contributed by atoms with van der Waals surface area (Å²) in [6, 6.07) is 8.17. The maximum atomic E-state index is 11.2. The number of nitrogens with one attached hydrogen (secondary N) is 1. The number of benzene rings is 1. The van der Waals surface area contributed by atoms with Gasteiger partial charge in [-0.05, 0) is 12.5 Å². The van der Waals surface area contributed by atoms with Crippen LogP contribution in [0.3, 0.4) is 0 Å². The van der Waals surface area contributed by atoms with E-state index in [-0.39, 0.29) is 5.69 Å². The Morgan fingerprint density at radius 2 is 2.00 bits per heavy atom. The summed E-state index contributed by atoms with van der Waals surface area (Å²) in [5, 5.41) is 0. The van der Waals surface area contributed by atoms with Gasteiger partial charge in [0.15, 0.2) is 0 Å². The maximum Gasteiger partial charge on any atom is 0.325 e. The second-order valence-electron chi connectivity index (χ2n) is 3.38. The lowest BCUT2D eigenvalue weighted by Gasteiger charge is -2.01. The summed E-state index contributed by atoms with van der Waals surface area (Å²) < 4.78 is 1.64. The molecule has 1 heterocycles. The normalized spacial score (nSPS) is 10.4. The molecule has 3 nitrogen and oxygen atoms in total. The topological polar surface area (TPSA) is 37.8 Å². The first-order valence-electron chi connectivity index (χ1n) is 4.55. The van der Waals surface area contributed by atoms with E-state index in [2.05, 4.69) is 4.98 Å². The molecule has 1 aromatic carbocycles. The largest absolute Gasteiger partial charge is 0.325 e. The van der Waals surface area contributed by atoms with Gasteiger partial charge >= 0.3 is 5.69 Å². The summed E-state index contributed by atoms with van der Waals surface area (Å²) in [4.78, 5) is 13.8. The lowest BCUT2D eigenvalue weighted by Crippen LogP contribution is -2.16. The van der Waals surface area contributed by atoms with Crippen LogP contribution in [0.25, 0.3) is 0 Å². The van der Waals surface area contributed by atoms with Gasteiger partial charge in [-0.3, -0.25) is 4.57 Å². The minimum Gasteiger partial charge on any atom is -0.313 e. The fourth-order valence-corrected chi connectivity index (χ4v) is 1.36. The molecule has 0 unspecified atom stereocenters. The second kappa shape index (κ2) is 3.54. The van der Waals surface area contributed by atoms with E-state index in [9.17, 15) is 4.79 Å². The summed E-state index contributed by atoms with van der Waals surface area (Å²) in [5.41, 5.74) is 2.30. The van der Waals surface area contributed by atoms with Crippen molar-refractivity contribution in [2.45, 2.75) is 13.5 Å². The first-order chi connectivity index (χ1) is 6.75. The van der Waals surface area contributed by atoms with Gasteiger partial charge in [0.25, 0.3) is 0 Å². The van der Waals surface area contributed by atoms with Crippen LogP contribution >= 0.6 is 0 Å². The number of nitrogens with zero attached hydrogens (tertiary/aromatic N) is 1. The monoisotopic (exact) mass is 188 g/mol. The van der Waals surface area contributed by atoms with Crippen molar-refractivity contribution in [2.75, 3.05) is 0 Å². The summed E-state index contributed by atoms with van der Waals surface area (Å²) in [7, 11) is 0. The molecular weight excluding hydrogens is 176 g/mol. The average Bonchev–Trinajstić information content (AvgIpc) is 2.56. The Balaban J connectivity index is 2.23. The highest BCUT2D eigenvalue weighted by Crippen LogP contribution is 2.03. The molecule has 72 valence electrons. The Bertz CT molecular complexity index is 465. The summed E-state index contributed by atoms with van der Waals surface area (Å²) >= 11 is 0. The van der Waals surface area contributed by atoms with Crippen molar-refractivity contribution >= 4 is 0 Å². The van der Waals surface area contributed by atoms with E-state index in [1.54, 1.807) is 17.0 Å². The van der Waals surface area contributed by atoms with Crippen molar-refractivity contribution in [1.29, 1.82) is 0 Å². The molecule has 1 aromatic heterocycles. The zero-order valence-electron chi connectivity index (χ0n) is 8.03. The van der Waals surface area contributed by atoms with Gasteiger partial charge in [0, 0.05) is 12.4 Å². The van der Waals surface area contributed by atoms with Gasteiger partial charge in [-0.25, -0.2) is 4.79 Å². The van der Waals surface area contributed by atoms with Crippen molar-refractivity contribution < 1.29 is 0 Å². The Hall–Kier alpha value is -1.77. The van der Waals surface area contributed by atoms with Crippen molar-refractivity contribution in [2.24, 2.45) is 0 Å². The van der Waals surface area contributed by atoms with Gasteiger partial charge in [0.2, 0.25) is 0 Å². The predicted octanol–water partition coefficient (Wildman–Crippen LogP) is 1.53. The Morgan fingerprint density at radius 1 is 1.29 bits per heavy atom. The number of aromatic nitrogens is 2. The molecule has 0 bridgehead atoms.